The molecule has 3 heterocycles. The van der Waals surface area contributed by atoms with E-state index in [9.17, 15) is 5.11 Å². The standard InChI is InChI=1S/C18H30FN7O/c1-24-9-7-18(19,8-10-24)15-11-20-23-26(15)14-5-3-13(4-6-14)17-22-21-16(12-27)25(17)2/h11,13-14,20,23,27H,3-10,12H2,1-2H3/t13-,14-. The maximum Gasteiger partial charge on any atom is 0.158 e. The van der Waals surface area contributed by atoms with Gasteiger partial charge in [-0.15, -0.1) is 15.7 Å². The van der Waals surface area contributed by atoms with Crippen LogP contribution in [0.25, 0.3) is 0 Å². The molecule has 1 aromatic heterocycles. The number of likely N-dealkylation sites (tertiary alicyclic amines) is 1. The predicted molar refractivity (Wildman–Crippen MR) is 98.7 cm³/mol. The van der Waals surface area contributed by atoms with Crippen LogP contribution in [-0.2, 0) is 13.7 Å². The predicted octanol–water partition coefficient (Wildman–Crippen LogP) is 0.934. The van der Waals surface area contributed by atoms with Gasteiger partial charge < -0.3 is 20.0 Å². The number of nitrogens with zero attached hydrogens (tertiary/aromatic N) is 5. The number of alkyl halides is 1. The Balaban J connectivity index is 1.40. The Bertz CT molecular complexity index is 690. The van der Waals surface area contributed by atoms with Crippen molar-refractivity contribution in [3.63, 3.8) is 0 Å². The molecule has 0 amide bonds. The van der Waals surface area contributed by atoms with Crippen molar-refractivity contribution in [2.24, 2.45) is 7.05 Å². The zero-order valence-corrected chi connectivity index (χ0v) is 16.2. The first kappa shape index (κ1) is 18.6. The van der Waals surface area contributed by atoms with Crippen molar-refractivity contribution < 1.29 is 9.50 Å². The number of hydrogen-bond acceptors (Lipinski definition) is 7. The molecule has 2 aliphatic heterocycles. The first-order valence-corrected chi connectivity index (χ1v) is 9.89. The molecule has 3 aliphatic rings. The van der Waals surface area contributed by atoms with Gasteiger partial charge in [-0.1, -0.05) is 0 Å². The average Bonchev–Trinajstić information content (AvgIpc) is 3.32. The largest absolute Gasteiger partial charge is 0.388 e. The number of aliphatic hydroxyl groups excluding tert-OH is 1. The fraction of sp³-hybridized carbons (Fsp3) is 0.778. The first-order chi connectivity index (χ1) is 13.0. The van der Waals surface area contributed by atoms with Crippen LogP contribution in [0.1, 0.15) is 56.1 Å². The van der Waals surface area contributed by atoms with Crippen molar-refractivity contribution in [1.82, 2.24) is 35.6 Å². The highest BCUT2D eigenvalue weighted by Crippen LogP contribution is 2.40. The molecular weight excluding hydrogens is 349 g/mol. The Labute approximate surface area is 159 Å². The number of hydrogen-bond donors (Lipinski definition) is 3. The highest BCUT2D eigenvalue weighted by atomic mass is 19.1. The topological polar surface area (TPSA) is 81.5 Å². The van der Waals surface area contributed by atoms with Crippen molar-refractivity contribution >= 4 is 0 Å². The van der Waals surface area contributed by atoms with Gasteiger partial charge in [0, 0.05) is 38.3 Å². The maximum absolute atomic E-state index is 15.6. The number of piperidine rings is 1. The molecule has 1 aromatic rings. The number of hydrazine groups is 2. The fourth-order valence-electron chi connectivity index (χ4n) is 4.62. The molecule has 1 saturated heterocycles. The molecular formula is C18H30FN7O. The third-order valence-corrected chi connectivity index (χ3v) is 6.46. The summed E-state index contributed by atoms with van der Waals surface area (Å²) in [6.07, 6.45) is 6.77. The van der Waals surface area contributed by atoms with Crippen molar-refractivity contribution in [3.05, 3.63) is 23.5 Å². The smallest absolute Gasteiger partial charge is 0.158 e. The highest BCUT2D eigenvalue weighted by molar-refractivity contribution is 5.20. The number of rotatable bonds is 4. The number of aliphatic hydroxyl groups is 1. The molecule has 4 rings (SSSR count). The van der Waals surface area contributed by atoms with Crippen molar-refractivity contribution in [2.75, 3.05) is 20.1 Å². The Morgan fingerprint density at radius 1 is 1.19 bits per heavy atom. The molecule has 1 aliphatic carbocycles. The normalized spacial score (nSPS) is 28.9. The zero-order chi connectivity index (χ0) is 19.0. The number of aromatic nitrogens is 3. The molecule has 0 atom stereocenters. The van der Waals surface area contributed by atoms with Crippen LogP contribution in [-0.4, -0.2) is 61.6 Å². The lowest BCUT2D eigenvalue weighted by Gasteiger charge is -2.42. The van der Waals surface area contributed by atoms with E-state index in [0.29, 0.717) is 24.6 Å². The van der Waals surface area contributed by atoms with Crippen LogP contribution in [0.5, 0.6) is 0 Å². The van der Waals surface area contributed by atoms with E-state index in [1.165, 1.54) is 0 Å². The third kappa shape index (κ3) is 3.43. The molecule has 27 heavy (non-hydrogen) atoms. The Kier molecular flexibility index (Phi) is 5.09. The first-order valence-electron chi connectivity index (χ1n) is 9.89. The molecule has 0 spiro atoms. The van der Waals surface area contributed by atoms with Gasteiger partial charge in [-0.05, 0) is 45.6 Å². The van der Waals surface area contributed by atoms with Gasteiger partial charge in [0.15, 0.2) is 11.5 Å². The number of nitrogens with one attached hydrogen (secondary N) is 2. The summed E-state index contributed by atoms with van der Waals surface area (Å²) in [5.41, 5.74) is 5.67. The second kappa shape index (κ2) is 7.37. The van der Waals surface area contributed by atoms with E-state index < -0.39 is 5.67 Å². The molecule has 3 N–H and O–H groups in total. The molecule has 8 nitrogen and oxygen atoms in total. The molecule has 0 radical (unpaired) electrons. The Hall–Kier alpha value is -1.71. The summed E-state index contributed by atoms with van der Waals surface area (Å²) in [6, 6.07) is 0.264. The summed E-state index contributed by atoms with van der Waals surface area (Å²) >= 11 is 0. The van der Waals surface area contributed by atoms with Crippen LogP contribution in [0, 0.1) is 0 Å². The summed E-state index contributed by atoms with van der Waals surface area (Å²) in [7, 11) is 3.96. The van der Waals surface area contributed by atoms with E-state index >= 15 is 4.39 Å². The lowest BCUT2D eigenvalue weighted by atomic mass is 9.83. The van der Waals surface area contributed by atoms with Gasteiger partial charge in [0.1, 0.15) is 12.4 Å². The lowest BCUT2D eigenvalue weighted by Crippen LogP contribution is -2.52. The Morgan fingerprint density at radius 3 is 2.52 bits per heavy atom. The molecule has 150 valence electrons. The van der Waals surface area contributed by atoms with E-state index in [1.54, 1.807) is 6.20 Å². The van der Waals surface area contributed by atoms with Crippen LogP contribution < -0.4 is 11.0 Å². The van der Waals surface area contributed by atoms with Crippen LogP contribution in [0.3, 0.4) is 0 Å². The van der Waals surface area contributed by atoms with E-state index in [1.807, 2.05) is 23.7 Å². The second-order valence-corrected chi connectivity index (χ2v) is 8.12. The van der Waals surface area contributed by atoms with Crippen LogP contribution >= 0.6 is 0 Å². The van der Waals surface area contributed by atoms with Gasteiger partial charge in [0.2, 0.25) is 0 Å². The summed E-state index contributed by atoms with van der Waals surface area (Å²) in [5.74, 6) is 1.88. The van der Waals surface area contributed by atoms with Gasteiger partial charge in [0.05, 0.1) is 5.70 Å². The number of halogens is 1. The molecule has 1 saturated carbocycles. The zero-order valence-electron chi connectivity index (χ0n) is 16.2. The van der Waals surface area contributed by atoms with Gasteiger partial charge in [-0.3, -0.25) is 5.01 Å². The monoisotopic (exact) mass is 379 g/mol. The van der Waals surface area contributed by atoms with Crippen molar-refractivity contribution in [3.8, 4) is 0 Å². The van der Waals surface area contributed by atoms with Gasteiger partial charge >= 0.3 is 0 Å². The molecule has 9 heteroatoms. The number of allylic oxidation sites excluding steroid dienone is 1. The van der Waals surface area contributed by atoms with Crippen molar-refractivity contribution in [2.45, 2.75) is 62.8 Å². The quantitative estimate of drug-likeness (QED) is 0.718. The summed E-state index contributed by atoms with van der Waals surface area (Å²) in [6.45, 7) is 1.48. The summed E-state index contributed by atoms with van der Waals surface area (Å²) < 4.78 is 17.5. The van der Waals surface area contributed by atoms with E-state index in [0.717, 1.165) is 50.3 Å². The van der Waals surface area contributed by atoms with E-state index in [2.05, 4.69) is 26.1 Å². The minimum absolute atomic E-state index is 0.0931. The van der Waals surface area contributed by atoms with Crippen LogP contribution in [0.2, 0.25) is 0 Å². The summed E-state index contributed by atoms with van der Waals surface area (Å²) in [4.78, 5) is 2.19. The highest BCUT2D eigenvalue weighted by Gasteiger charge is 2.44. The molecule has 0 bridgehead atoms. The second-order valence-electron chi connectivity index (χ2n) is 8.12. The molecule has 0 aromatic carbocycles. The fourth-order valence-corrected chi connectivity index (χ4v) is 4.62. The van der Waals surface area contributed by atoms with Crippen LogP contribution in [0.15, 0.2) is 11.9 Å². The Morgan fingerprint density at radius 2 is 1.89 bits per heavy atom. The minimum atomic E-state index is -1.26. The minimum Gasteiger partial charge on any atom is -0.388 e. The molecule has 2 fully saturated rings. The lowest BCUT2D eigenvalue weighted by molar-refractivity contribution is 0.0398. The van der Waals surface area contributed by atoms with Crippen LogP contribution in [0.4, 0.5) is 4.39 Å². The van der Waals surface area contributed by atoms with Crippen molar-refractivity contribution in [1.29, 1.82) is 0 Å². The van der Waals surface area contributed by atoms with E-state index in [4.69, 9.17) is 0 Å². The summed E-state index contributed by atoms with van der Waals surface area (Å²) in [5, 5.41) is 19.7. The third-order valence-electron chi connectivity index (χ3n) is 6.46. The van der Waals surface area contributed by atoms with E-state index in [-0.39, 0.29) is 12.6 Å². The SMILES string of the molecule is CN1CCC(F)(C2=CNNN2[C@H]2CC[C@H](c3nnc(CO)n3C)CC2)CC1. The molecule has 0 unspecified atom stereocenters. The van der Waals surface area contributed by atoms with Gasteiger partial charge in [-0.25, -0.2) is 4.39 Å². The average molecular weight is 379 g/mol. The van der Waals surface area contributed by atoms with Gasteiger partial charge in [-0.2, -0.15) is 0 Å². The van der Waals surface area contributed by atoms with Gasteiger partial charge in [0.25, 0.3) is 0 Å². The maximum atomic E-state index is 15.6.